The van der Waals surface area contributed by atoms with E-state index in [9.17, 15) is 4.79 Å². The summed E-state index contributed by atoms with van der Waals surface area (Å²) < 4.78 is 0.985. The highest BCUT2D eigenvalue weighted by molar-refractivity contribution is 7.94. The Morgan fingerprint density at radius 1 is 1.12 bits per heavy atom. The summed E-state index contributed by atoms with van der Waals surface area (Å²) in [5, 5.41) is 2.96. The van der Waals surface area contributed by atoms with Crippen molar-refractivity contribution in [3.05, 3.63) is 0 Å². The zero-order valence-electron chi connectivity index (χ0n) is 15.0. The minimum atomic E-state index is -0.293. The number of nitrogens with zero attached hydrogens (tertiary/aromatic N) is 3. The fraction of sp³-hybridized carbons (Fsp3) is 0.882. The molecule has 1 aliphatic heterocycles. The van der Waals surface area contributed by atoms with E-state index < -0.39 is 0 Å². The van der Waals surface area contributed by atoms with Gasteiger partial charge in [-0.2, -0.15) is 0 Å². The Balaban J connectivity index is 2.11. The lowest BCUT2D eigenvalue weighted by molar-refractivity contribution is 0.214. The Morgan fingerprint density at radius 3 is 2.21 bits per heavy atom. The standard InChI is InChI=1S/C17H34N4OS2/c1-2-3-4-5-6-7-8-9-10-11-12-16(19-17(22)21(23)24)20-14-13-18-15-20/h15-16,23-24H,2-14H2,1H3,(H,19,22). The molecule has 1 N–H and O–H groups in total. The Labute approximate surface area is 158 Å². The van der Waals surface area contributed by atoms with Gasteiger partial charge < -0.3 is 10.2 Å². The van der Waals surface area contributed by atoms with Crippen molar-refractivity contribution in [3.63, 3.8) is 0 Å². The van der Waals surface area contributed by atoms with Crippen molar-refractivity contribution in [2.45, 2.75) is 83.7 Å². The molecule has 24 heavy (non-hydrogen) atoms. The van der Waals surface area contributed by atoms with Crippen molar-refractivity contribution in [2.24, 2.45) is 4.99 Å². The van der Waals surface area contributed by atoms with Crippen LogP contribution >= 0.6 is 25.6 Å². The summed E-state index contributed by atoms with van der Waals surface area (Å²) in [6.45, 7) is 3.92. The molecule has 0 radical (unpaired) electrons. The number of amides is 2. The van der Waals surface area contributed by atoms with E-state index in [4.69, 9.17) is 0 Å². The summed E-state index contributed by atoms with van der Waals surface area (Å²) in [4.78, 5) is 18.1. The minimum Gasteiger partial charge on any atom is -0.341 e. The maximum atomic E-state index is 11.8. The number of unbranched alkanes of at least 4 members (excludes halogenated alkanes) is 9. The Hall–Kier alpha value is -0.560. The van der Waals surface area contributed by atoms with E-state index in [1.54, 1.807) is 0 Å². The average Bonchev–Trinajstić information content (AvgIpc) is 3.09. The number of aliphatic imine (C=N–C) groups is 1. The maximum Gasteiger partial charge on any atom is 0.338 e. The summed E-state index contributed by atoms with van der Waals surface area (Å²) in [5.74, 6) is 0. The van der Waals surface area contributed by atoms with Crippen LogP contribution in [0.2, 0.25) is 0 Å². The fourth-order valence-electron chi connectivity index (χ4n) is 2.98. The topological polar surface area (TPSA) is 47.9 Å². The number of carbonyl (C=O) groups excluding carboxylic acids is 1. The van der Waals surface area contributed by atoms with E-state index in [1.165, 1.54) is 57.8 Å². The van der Waals surface area contributed by atoms with Crippen molar-refractivity contribution in [1.29, 1.82) is 0 Å². The molecule has 0 saturated carbocycles. The van der Waals surface area contributed by atoms with Gasteiger partial charge in [0.05, 0.1) is 12.9 Å². The second kappa shape index (κ2) is 13.7. The van der Waals surface area contributed by atoms with Gasteiger partial charge in [0, 0.05) is 6.54 Å². The molecule has 0 saturated heterocycles. The lowest BCUT2D eigenvalue weighted by Crippen LogP contribution is -2.48. The Bertz CT molecular complexity index is 366. The van der Waals surface area contributed by atoms with Crippen molar-refractivity contribution in [2.75, 3.05) is 13.1 Å². The third kappa shape index (κ3) is 9.67. The quantitative estimate of drug-likeness (QED) is 0.324. The Morgan fingerprint density at radius 2 is 1.71 bits per heavy atom. The molecule has 0 fully saturated rings. The summed E-state index contributed by atoms with van der Waals surface area (Å²) >= 11 is 7.84. The number of hydrogen-bond donors (Lipinski definition) is 3. The van der Waals surface area contributed by atoms with Crippen molar-refractivity contribution in [1.82, 2.24) is 13.9 Å². The number of hydrogen-bond acceptors (Lipinski definition) is 5. The smallest absolute Gasteiger partial charge is 0.338 e. The van der Waals surface area contributed by atoms with Crippen molar-refractivity contribution < 1.29 is 4.79 Å². The summed E-state index contributed by atoms with van der Waals surface area (Å²) in [5.41, 5.74) is 0. The second-order valence-electron chi connectivity index (χ2n) is 6.48. The first-order valence-electron chi connectivity index (χ1n) is 9.39. The summed E-state index contributed by atoms with van der Waals surface area (Å²) in [6, 6.07) is -0.293. The molecule has 0 aromatic heterocycles. The highest BCUT2D eigenvalue weighted by Crippen LogP contribution is 2.14. The normalized spacial score (nSPS) is 14.9. The molecule has 0 aromatic carbocycles. The van der Waals surface area contributed by atoms with E-state index in [1.807, 2.05) is 6.34 Å². The molecule has 140 valence electrons. The van der Waals surface area contributed by atoms with E-state index in [0.29, 0.717) is 0 Å². The van der Waals surface area contributed by atoms with Gasteiger partial charge in [-0.05, 0) is 12.8 Å². The van der Waals surface area contributed by atoms with E-state index in [-0.39, 0.29) is 12.2 Å². The molecule has 0 aliphatic carbocycles. The first kappa shape index (κ1) is 21.5. The molecule has 0 aromatic rings. The largest absolute Gasteiger partial charge is 0.341 e. The third-order valence-corrected chi connectivity index (χ3v) is 4.78. The predicted octanol–water partition coefficient (Wildman–Crippen LogP) is 4.67. The second-order valence-corrected chi connectivity index (χ2v) is 7.60. The van der Waals surface area contributed by atoms with Crippen LogP contribution in [-0.4, -0.2) is 40.2 Å². The van der Waals surface area contributed by atoms with Crippen LogP contribution in [0.15, 0.2) is 4.99 Å². The first-order valence-corrected chi connectivity index (χ1v) is 10.2. The number of rotatable bonds is 13. The monoisotopic (exact) mass is 374 g/mol. The average molecular weight is 375 g/mol. The van der Waals surface area contributed by atoms with Gasteiger partial charge >= 0.3 is 6.03 Å². The van der Waals surface area contributed by atoms with Crippen LogP contribution in [-0.2, 0) is 0 Å². The highest BCUT2D eigenvalue weighted by atomic mass is 32.2. The molecule has 7 heteroatoms. The third-order valence-electron chi connectivity index (χ3n) is 4.42. The molecule has 1 heterocycles. The summed E-state index contributed by atoms with van der Waals surface area (Å²) in [7, 11) is 0. The molecule has 5 nitrogen and oxygen atoms in total. The number of carbonyl (C=O) groups is 1. The van der Waals surface area contributed by atoms with Crippen LogP contribution in [0.3, 0.4) is 0 Å². The van der Waals surface area contributed by atoms with Gasteiger partial charge in [-0.1, -0.05) is 90.3 Å². The minimum absolute atomic E-state index is 0.0143. The van der Waals surface area contributed by atoms with Crippen LogP contribution < -0.4 is 5.32 Å². The molecule has 0 spiro atoms. The molecule has 0 bridgehead atoms. The molecule has 1 aliphatic rings. The lowest BCUT2D eigenvalue weighted by atomic mass is 10.1. The van der Waals surface area contributed by atoms with Crippen LogP contribution in [0, 0.1) is 0 Å². The molecular weight excluding hydrogens is 340 g/mol. The van der Waals surface area contributed by atoms with Crippen LogP contribution in [0.4, 0.5) is 4.79 Å². The van der Waals surface area contributed by atoms with Gasteiger partial charge in [0.1, 0.15) is 6.17 Å². The molecule has 2 amide bonds. The van der Waals surface area contributed by atoms with Gasteiger partial charge in [0.15, 0.2) is 0 Å². The number of thiol groups is 2. The van der Waals surface area contributed by atoms with Crippen LogP contribution in [0.1, 0.15) is 77.6 Å². The molecule has 1 atom stereocenters. The van der Waals surface area contributed by atoms with Crippen molar-refractivity contribution in [3.8, 4) is 0 Å². The van der Waals surface area contributed by atoms with E-state index >= 15 is 0 Å². The van der Waals surface area contributed by atoms with Gasteiger partial charge in [-0.3, -0.25) is 4.99 Å². The lowest BCUT2D eigenvalue weighted by Gasteiger charge is -2.28. The zero-order valence-corrected chi connectivity index (χ0v) is 16.8. The van der Waals surface area contributed by atoms with Gasteiger partial charge in [-0.15, -0.1) is 0 Å². The maximum absolute atomic E-state index is 11.8. The first-order chi connectivity index (χ1) is 11.6. The van der Waals surface area contributed by atoms with Gasteiger partial charge in [0.2, 0.25) is 0 Å². The van der Waals surface area contributed by atoms with Crippen LogP contribution in [0.5, 0.6) is 0 Å². The SMILES string of the molecule is CCCCCCCCCCCCC(NC(=O)N(S)S)N1C=NCC1. The van der Waals surface area contributed by atoms with Crippen LogP contribution in [0.25, 0.3) is 0 Å². The summed E-state index contributed by atoms with van der Waals surface area (Å²) in [6.07, 6.45) is 15.9. The zero-order chi connectivity index (χ0) is 17.6. The molecular formula is C17H34N4OS2. The highest BCUT2D eigenvalue weighted by Gasteiger charge is 2.21. The molecule has 1 rings (SSSR count). The van der Waals surface area contributed by atoms with E-state index in [0.717, 1.165) is 29.6 Å². The predicted molar refractivity (Wildman–Crippen MR) is 109 cm³/mol. The van der Waals surface area contributed by atoms with Gasteiger partial charge in [0.25, 0.3) is 0 Å². The number of nitrogens with one attached hydrogen (secondary N) is 1. The number of urea groups is 1. The van der Waals surface area contributed by atoms with E-state index in [2.05, 4.69) is 47.8 Å². The fourth-order valence-corrected chi connectivity index (χ4v) is 3.09. The molecule has 1 unspecified atom stereocenters. The van der Waals surface area contributed by atoms with Gasteiger partial charge in [-0.25, -0.2) is 8.51 Å². The van der Waals surface area contributed by atoms with Crippen molar-refractivity contribution >= 4 is 38.0 Å². The Kier molecular flexibility index (Phi) is 12.3.